The Kier molecular flexibility index (Phi) is 4.82. The average Bonchev–Trinajstić information content (AvgIpc) is 2.60. The molecule has 1 heterocycles. The molecule has 0 fully saturated rings. The number of alkyl halides is 3. The smallest absolute Gasteiger partial charge is 0.354 e. The van der Waals surface area contributed by atoms with Crippen LogP contribution in [0.5, 0.6) is 0 Å². The molecule has 0 bridgehead atoms. The van der Waals surface area contributed by atoms with Gasteiger partial charge in [0.1, 0.15) is 0 Å². The van der Waals surface area contributed by atoms with Crippen LogP contribution in [0.25, 0.3) is 0 Å². The molecule has 0 unspecified atom stereocenters. The molecular weight excluding hydrogens is 221 g/mol. The van der Waals surface area contributed by atoms with Gasteiger partial charge in [-0.2, -0.15) is 18.7 Å². The maximum absolute atomic E-state index is 11.7. The van der Waals surface area contributed by atoms with Crippen molar-refractivity contribution in [3.63, 3.8) is 0 Å². The molecule has 1 rings (SSSR count). The Bertz CT molecular complexity index is 309. The molecule has 0 aliphatic heterocycles. The second-order valence-electron chi connectivity index (χ2n) is 3.48. The van der Waals surface area contributed by atoms with Crippen LogP contribution in [0.3, 0.4) is 0 Å². The number of aromatic nitrogens is 1. The van der Waals surface area contributed by atoms with E-state index in [1.54, 1.807) is 0 Å². The first kappa shape index (κ1) is 13.1. The molecule has 1 aromatic rings. The van der Waals surface area contributed by atoms with Crippen molar-refractivity contribution in [2.45, 2.75) is 32.6 Å². The zero-order valence-corrected chi connectivity index (χ0v) is 9.05. The van der Waals surface area contributed by atoms with E-state index in [9.17, 15) is 13.2 Å². The van der Waals surface area contributed by atoms with E-state index in [1.165, 1.54) is 0 Å². The highest BCUT2D eigenvalue weighted by Crippen LogP contribution is 2.13. The van der Waals surface area contributed by atoms with E-state index in [-0.39, 0.29) is 6.54 Å². The molecule has 3 nitrogen and oxygen atoms in total. The number of nitrogens with zero attached hydrogens (tertiary/aromatic N) is 1. The fourth-order valence-electron chi connectivity index (χ4n) is 1.26. The molecule has 1 aromatic heterocycles. The largest absolute Gasteiger partial charge is 0.413 e. The summed E-state index contributed by atoms with van der Waals surface area (Å²) >= 11 is 0. The van der Waals surface area contributed by atoms with Gasteiger partial charge in [0, 0.05) is 25.5 Å². The quantitative estimate of drug-likeness (QED) is 0.606. The van der Waals surface area contributed by atoms with Gasteiger partial charge in [0.05, 0.1) is 0 Å². The van der Waals surface area contributed by atoms with Crippen LogP contribution in [0.15, 0.2) is 18.5 Å². The fraction of sp³-hybridized carbons (Fsp3) is 0.600. The normalized spacial score (nSPS) is 12.0. The monoisotopic (exact) mass is 236 g/mol. The maximum atomic E-state index is 11.7. The van der Waals surface area contributed by atoms with Crippen molar-refractivity contribution in [1.29, 1.82) is 0 Å². The van der Waals surface area contributed by atoms with E-state index >= 15 is 0 Å². The van der Waals surface area contributed by atoms with Gasteiger partial charge in [0.25, 0.3) is 0 Å². The molecule has 92 valence electrons. The van der Waals surface area contributed by atoms with Crippen molar-refractivity contribution < 1.29 is 18.0 Å². The third kappa shape index (κ3) is 5.18. The van der Waals surface area contributed by atoms with Crippen LogP contribution in [0.4, 0.5) is 13.2 Å². The van der Waals surface area contributed by atoms with Crippen LogP contribution in [0.2, 0.25) is 0 Å². The number of hydroxylamine groups is 1. The van der Waals surface area contributed by atoms with Crippen molar-refractivity contribution >= 4 is 0 Å². The lowest BCUT2D eigenvalue weighted by atomic mass is 10.3. The van der Waals surface area contributed by atoms with E-state index in [1.807, 2.05) is 23.0 Å². The highest BCUT2D eigenvalue weighted by atomic mass is 19.4. The van der Waals surface area contributed by atoms with E-state index < -0.39 is 12.8 Å². The molecule has 0 aliphatic rings. The summed E-state index contributed by atoms with van der Waals surface area (Å²) in [6.07, 6.45) is 0.505. The fourth-order valence-corrected chi connectivity index (χ4v) is 1.26. The number of hydrogen-bond donors (Lipinski definition) is 1. The predicted octanol–water partition coefficient (Wildman–Crippen LogP) is 2.48. The third-order valence-electron chi connectivity index (χ3n) is 1.91. The molecule has 0 saturated heterocycles. The molecule has 0 atom stereocenters. The zero-order chi connectivity index (χ0) is 12.0. The Labute approximate surface area is 92.2 Å². The highest BCUT2D eigenvalue weighted by molar-refractivity contribution is 5.09. The van der Waals surface area contributed by atoms with E-state index in [0.717, 1.165) is 18.5 Å². The summed E-state index contributed by atoms with van der Waals surface area (Å²) in [5.41, 5.74) is 3.18. The Morgan fingerprint density at radius 2 is 2.19 bits per heavy atom. The maximum Gasteiger partial charge on any atom is 0.413 e. The lowest BCUT2D eigenvalue weighted by Gasteiger charge is -2.07. The van der Waals surface area contributed by atoms with Crippen molar-refractivity contribution in [3.05, 3.63) is 24.0 Å². The Morgan fingerprint density at radius 3 is 2.81 bits per heavy atom. The number of aryl methyl sites for hydroxylation is 1. The lowest BCUT2D eigenvalue weighted by molar-refractivity contribution is -0.190. The Balaban J connectivity index is 2.21. The highest BCUT2D eigenvalue weighted by Gasteiger charge is 2.27. The summed E-state index contributed by atoms with van der Waals surface area (Å²) in [4.78, 5) is 4.29. The van der Waals surface area contributed by atoms with Gasteiger partial charge in [-0.15, -0.1) is 0 Å². The molecule has 6 heteroatoms. The molecule has 0 aromatic carbocycles. The summed E-state index contributed by atoms with van der Waals surface area (Å²) in [5.74, 6) is 0. The van der Waals surface area contributed by atoms with Crippen LogP contribution < -0.4 is 5.48 Å². The Hall–Kier alpha value is -1.01. The molecule has 0 radical (unpaired) electrons. The van der Waals surface area contributed by atoms with E-state index in [2.05, 4.69) is 17.2 Å². The zero-order valence-electron chi connectivity index (χ0n) is 9.05. The third-order valence-corrected chi connectivity index (χ3v) is 1.91. The van der Waals surface area contributed by atoms with E-state index in [4.69, 9.17) is 0 Å². The number of hydrogen-bond acceptors (Lipinski definition) is 2. The summed E-state index contributed by atoms with van der Waals surface area (Å²) in [6, 6.07) is 1.85. The molecule has 0 saturated carbocycles. The van der Waals surface area contributed by atoms with Crippen LogP contribution in [-0.4, -0.2) is 17.4 Å². The molecular formula is C10H15F3N2O. The summed E-state index contributed by atoms with van der Waals surface area (Å²) < 4.78 is 37.1. The van der Waals surface area contributed by atoms with Crippen molar-refractivity contribution in [1.82, 2.24) is 10.0 Å². The topological polar surface area (TPSA) is 26.2 Å². The first-order chi connectivity index (χ1) is 7.51. The predicted molar refractivity (Wildman–Crippen MR) is 53.6 cm³/mol. The van der Waals surface area contributed by atoms with Gasteiger partial charge in [-0.1, -0.05) is 6.92 Å². The van der Waals surface area contributed by atoms with Crippen LogP contribution in [-0.2, 0) is 17.9 Å². The SMILES string of the molecule is CCCn1ccc(CNOCC(F)(F)F)c1. The van der Waals surface area contributed by atoms with Gasteiger partial charge in [-0.3, -0.25) is 4.84 Å². The van der Waals surface area contributed by atoms with Gasteiger partial charge in [-0.25, -0.2) is 0 Å². The molecule has 0 aliphatic carbocycles. The second kappa shape index (κ2) is 5.91. The summed E-state index contributed by atoms with van der Waals surface area (Å²) in [6.45, 7) is 1.96. The first-order valence-corrected chi connectivity index (χ1v) is 5.07. The number of nitrogens with one attached hydrogen (secondary N) is 1. The second-order valence-corrected chi connectivity index (χ2v) is 3.48. The molecule has 16 heavy (non-hydrogen) atoms. The molecule has 0 amide bonds. The van der Waals surface area contributed by atoms with Gasteiger partial charge in [0.15, 0.2) is 6.61 Å². The minimum atomic E-state index is -4.29. The number of rotatable bonds is 6. The summed E-state index contributed by atoms with van der Waals surface area (Å²) in [5, 5.41) is 0. The van der Waals surface area contributed by atoms with Gasteiger partial charge < -0.3 is 4.57 Å². The van der Waals surface area contributed by atoms with Gasteiger partial charge >= 0.3 is 6.18 Å². The van der Waals surface area contributed by atoms with Crippen LogP contribution in [0, 0.1) is 0 Å². The van der Waals surface area contributed by atoms with Crippen molar-refractivity contribution in [2.24, 2.45) is 0 Å². The van der Waals surface area contributed by atoms with Crippen molar-refractivity contribution in [2.75, 3.05) is 6.61 Å². The van der Waals surface area contributed by atoms with E-state index in [0.29, 0.717) is 0 Å². The average molecular weight is 236 g/mol. The molecule has 1 N–H and O–H groups in total. The summed E-state index contributed by atoms with van der Waals surface area (Å²) in [7, 11) is 0. The minimum Gasteiger partial charge on any atom is -0.354 e. The van der Waals surface area contributed by atoms with Gasteiger partial charge in [0.2, 0.25) is 0 Å². The van der Waals surface area contributed by atoms with Crippen LogP contribution >= 0.6 is 0 Å². The molecule has 0 spiro atoms. The lowest BCUT2D eigenvalue weighted by Crippen LogP contribution is -2.24. The van der Waals surface area contributed by atoms with Crippen LogP contribution in [0.1, 0.15) is 18.9 Å². The number of halogens is 3. The Morgan fingerprint density at radius 1 is 1.44 bits per heavy atom. The standard InChI is InChI=1S/C10H15F3N2O/c1-2-4-15-5-3-9(7-15)6-14-16-8-10(11,12)13/h3,5,7,14H,2,4,6,8H2,1H3. The van der Waals surface area contributed by atoms with Crippen molar-refractivity contribution in [3.8, 4) is 0 Å². The minimum absolute atomic E-state index is 0.271. The van der Waals surface area contributed by atoms with Gasteiger partial charge in [-0.05, 0) is 18.1 Å². The first-order valence-electron chi connectivity index (χ1n) is 5.07.